The number of aromatic carboxylic acids is 1. The molecule has 0 saturated carbocycles. The second-order valence-electron chi connectivity index (χ2n) is 2.55. The number of aromatic nitrogens is 2. The monoisotopic (exact) mass is 181 g/mol. The van der Waals surface area contributed by atoms with Gasteiger partial charge >= 0.3 is 5.97 Å². The van der Waals surface area contributed by atoms with E-state index in [0.29, 0.717) is 0 Å². The third-order valence-electron chi connectivity index (χ3n) is 1.36. The van der Waals surface area contributed by atoms with Crippen molar-refractivity contribution in [3.05, 3.63) is 11.7 Å². The zero-order valence-corrected chi connectivity index (χ0v) is 6.89. The molecular formula is C7H7N3O3. The van der Waals surface area contributed by atoms with Crippen molar-refractivity contribution in [2.75, 3.05) is 0 Å². The highest BCUT2D eigenvalue weighted by Gasteiger charge is 2.14. The molecule has 1 rings (SSSR count). The van der Waals surface area contributed by atoms with Gasteiger partial charge in [-0.15, -0.1) is 0 Å². The number of carboxylic acids is 1. The van der Waals surface area contributed by atoms with Crippen molar-refractivity contribution in [2.24, 2.45) is 5.92 Å². The fraction of sp³-hybridized carbons (Fsp3) is 0.429. The molecule has 0 aliphatic carbocycles. The Hall–Kier alpha value is -1.90. The molecule has 1 N–H and O–H groups in total. The highest BCUT2D eigenvalue weighted by molar-refractivity contribution is 5.82. The molecule has 1 atom stereocenters. The molecule has 1 aromatic heterocycles. The van der Waals surface area contributed by atoms with E-state index in [2.05, 4.69) is 14.7 Å². The van der Waals surface area contributed by atoms with Crippen LogP contribution in [0.5, 0.6) is 0 Å². The molecule has 13 heavy (non-hydrogen) atoms. The predicted molar refractivity (Wildman–Crippen MR) is 39.7 cm³/mol. The quantitative estimate of drug-likeness (QED) is 0.727. The molecule has 1 heterocycles. The first-order chi connectivity index (χ1) is 6.13. The summed E-state index contributed by atoms with van der Waals surface area (Å²) in [6.07, 6.45) is 0.275. The molecule has 0 radical (unpaired) electrons. The van der Waals surface area contributed by atoms with Crippen LogP contribution < -0.4 is 0 Å². The van der Waals surface area contributed by atoms with E-state index in [-0.39, 0.29) is 24.1 Å². The van der Waals surface area contributed by atoms with Crippen LogP contribution in [0.4, 0.5) is 0 Å². The minimum Gasteiger partial charge on any atom is -0.475 e. The summed E-state index contributed by atoms with van der Waals surface area (Å²) in [5.74, 6) is -1.70. The number of nitriles is 1. The fourth-order valence-electron chi connectivity index (χ4n) is 0.732. The van der Waals surface area contributed by atoms with Crippen LogP contribution in [0.1, 0.15) is 23.4 Å². The molecule has 0 aliphatic rings. The van der Waals surface area contributed by atoms with Crippen LogP contribution in [0.2, 0.25) is 0 Å². The molecule has 0 bridgehead atoms. The van der Waals surface area contributed by atoms with Crippen LogP contribution in [0.15, 0.2) is 4.52 Å². The van der Waals surface area contributed by atoms with E-state index in [1.165, 1.54) is 0 Å². The molecule has 6 heteroatoms. The average Bonchev–Trinajstić information content (AvgIpc) is 2.52. The molecule has 0 fully saturated rings. The summed E-state index contributed by atoms with van der Waals surface area (Å²) in [5.41, 5.74) is 0. The van der Waals surface area contributed by atoms with E-state index in [1.54, 1.807) is 6.92 Å². The van der Waals surface area contributed by atoms with E-state index in [4.69, 9.17) is 10.4 Å². The van der Waals surface area contributed by atoms with Gasteiger partial charge in [0.1, 0.15) is 0 Å². The van der Waals surface area contributed by atoms with Crippen molar-refractivity contribution in [1.29, 1.82) is 5.26 Å². The minimum absolute atomic E-state index is 0.173. The Kier molecular flexibility index (Phi) is 2.59. The Morgan fingerprint density at radius 2 is 2.54 bits per heavy atom. The van der Waals surface area contributed by atoms with Gasteiger partial charge in [0, 0.05) is 6.42 Å². The first kappa shape index (κ1) is 9.19. The SMILES string of the molecule is CC(C#N)Cc1nc(C(=O)O)no1. The Morgan fingerprint density at radius 1 is 1.85 bits per heavy atom. The van der Waals surface area contributed by atoms with E-state index in [1.807, 2.05) is 6.07 Å². The van der Waals surface area contributed by atoms with Crippen LogP contribution in [-0.2, 0) is 6.42 Å². The van der Waals surface area contributed by atoms with Gasteiger partial charge in [-0.1, -0.05) is 0 Å². The van der Waals surface area contributed by atoms with Gasteiger partial charge in [0.05, 0.1) is 12.0 Å². The first-order valence-electron chi connectivity index (χ1n) is 3.59. The van der Waals surface area contributed by atoms with Gasteiger partial charge in [-0.25, -0.2) is 4.79 Å². The molecule has 0 amide bonds. The molecule has 6 nitrogen and oxygen atoms in total. The Bertz CT molecular complexity index is 352. The van der Waals surface area contributed by atoms with Crippen LogP contribution >= 0.6 is 0 Å². The second kappa shape index (κ2) is 3.67. The first-order valence-corrected chi connectivity index (χ1v) is 3.59. The van der Waals surface area contributed by atoms with Crippen molar-refractivity contribution in [3.8, 4) is 6.07 Å². The topological polar surface area (TPSA) is 100 Å². The number of carboxylic acid groups (broad SMARTS) is 1. The molecule has 0 aliphatic heterocycles. The second-order valence-corrected chi connectivity index (χ2v) is 2.55. The molecular weight excluding hydrogens is 174 g/mol. The fourth-order valence-corrected chi connectivity index (χ4v) is 0.732. The zero-order chi connectivity index (χ0) is 9.84. The maximum atomic E-state index is 10.3. The van der Waals surface area contributed by atoms with E-state index < -0.39 is 5.97 Å². The molecule has 0 saturated heterocycles. The largest absolute Gasteiger partial charge is 0.475 e. The third-order valence-corrected chi connectivity index (χ3v) is 1.36. The molecule has 1 aromatic rings. The number of hydrogen-bond acceptors (Lipinski definition) is 5. The van der Waals surface area contributed by atoms with Gasteiger partial charge in [-0.2, -0.15) is 10.2 Å². The minimum atomic E-state index is -1.24. The molecule has 1 unspecified atom stereocenters. The van der Waals surface area contributed by atoms with Crippen molar-refractivity contribution in [1.82, 2.24) is 10.1 Å². The van der Waals surface area contributed by atoms with Gasteiger partial charge in [-0.05, 0) is 12.1 Å². The predicted octanol–water partition coefficient (Wildman–Crippen LogP) is 0.470. The van der Waals surface area contributed by atoms with Crippen LogP contribution in [0.3, 0.4) is 0 Å². The number of hydrogen-bond donors (Lipinski definition) is 1. The number of rotatable bonds is 3. The Balaban J connectivity index is 2.70. The van der Waals surface area contributed by atoms with Gasteiger partial charge in [0.2, 0.25) is 5.89 Å². The lowest BCUT2D eigenvalue weighted by Gasteiger charge is -1.92. The van der Waals surface area contributed by atoms with E-state index >= 15 is 0 Å². The highest BCUT2D eigenvalue weighted by Crippen LogP contribution is 2.05. The summed E-state index contributed by atoms with van der Waals surface area (Å²) in [4.78, 5) is 13.9. The van der Waals surface area contributed by atoms with Crippen molar-refractivity contribution in [3.63, 3.8) is 0 Å². The van der Waals surface area contributed by atoms with Crippen LogP contribution in [0.25, 0.3) is 0 Å². The van der Waals surface area contributed by atoms with Crippen molar-refractivity contribution >= 4 is 5.97 Å². The van der Waals surface area contributed by atoms with Gasteiger partial charge in [0.25, 0.3) is 5.82 Å². The summed E-state index contributed by atoms with van der Waals surface area (Å²) in [7, 11) is 0. The van der Waals surface area contributed by atoms with E-state index in [9.17, 15) is 4.79 Å². The van der Waals surface area contributed by atoms with E-state index in [0.717, 1.165) is 0 Å². The summed E-state index contributed by atoms with van der Waals surface area (Å²) < 4.78 is 4.61. The lowest BCUT2D eigenvalue weighted by Crippen LogP contribution is -2.00. The van der Waals surface area contributed by atoms with Gasteiger partial charge in [-0.3, -0.25) is 0 Å². The van der Waals surface area contributed by atoms with Gasteiger partial charge in [0.15, 0.2) is 0 Å². The molecule has 68 valence electrons. The maximum Gasteiger partial charge on any atom is 0.377 e. The molecule has 0 aromatic carbocycles. The van der Waals surface area contributed by atoms with Gasteiger partial charge < -0.3 is 9.63 Å². The third kappa shape index (κ3) is 2.27. The van der Waals surface area contributed by atoms with Crippen LogP contribution in [0, 0.1) is 17.2 Å². The number of nitrogens with zero attached hydrogens (tertiary/aromatic N) is 3. The van der Waals surface area contributed by atoms with Crippen LogP contribution in [-0.4, -0.2) is 21.2 Å². The average molecular weight is 181 g/mol. The number of carbonyl (C=O) groups is 1. The summed E-state index contributed by atoms with van der Waals surface area (Å²) in [6, 6.07) is 1.98. The summed E-state index contributed by atoms with van der Waals surface area (Å²) >= 11 is 0. The standard InChI is InChI=1S/C7H7N3O3/c1-4(3-8)2-5-9-6(7(11)12)10-13-5/h4H,2H2,1H3,(H,11,12). The molecule has 0 spiro atoms. The summed E-state index contributed by atoms with van der Waals surface area (Å²) in [6.45, 7) is 1.69. The Labute approximate surface area is 73.8 Å². The lowest BCUT2D eigenvalue weighted by molar-refractivity contribution is 0.0680. The van der Waals surface area contributed by atoms with Crippen molar-refractivity contribution < 1.29 is 14.4 Å². The lowest BCUT2D eigenvalue weighted by atomic mass is 10.1. The summed E-state index contributed by atoms with van der Waals surface area (Å²) in [5, 5.41) is 20.1. The Morgan fingerprint density at radius 3 is 3.00 bits per heavy atom. The zero-order valence-electron chi connectivity index (χ0n) is 6.89. The van der Waals surface area contributed by atoms with Crippen molar-refractivity contribution in [2.45, 2.75) is 13.3 Å². The normalized spacial score (nSPS) is 12.0. The smallest absolute Gasteiger partial charge is 0.377 e. The maximum absolute atomic E-state index is 10.3. The highest BCUT2D eigenvalue weighted by atomic mass is 16.5.